The zero-order valence-corrected chi connectivity index (χ0v) is 26.2. The second-order valence-corrected chi connectivity index (χ2v) is 15.4. The van der Waals surface area contributed by atoms with Crippen molar-refractivity contribution in [3.63, 3.8) is 0 Å². The molecule has 0 aromatic heterocycles. The molecule has 216 valence electrons. The molecular weight excluding hydrogens is 484 g/mol. The fourth-order valence-corrected chi connectivity index (χ4v) is 6.50. The van der Waals surface area contributed by atoms with Crippen LogP contribution >= 0.6 is 0 Å². The molecule has 1 saturated heterocycles. The summed E-state index contributed by atoms with van der Waals surface area (Å²) < 4.78 is 0. The van der Waals surface area contributed by atoms with Crippen molar-refractivity contribution >= 4 is 5.91 Å². The van der Waals surface area contributed by atoms with Crippen LogP contribution in [0.3, 0.4) is 0 Å². The minimum absolute atomic E-state index is 0.0427. The third kappa shape index (κ3) is 7.36. The van der Waals surface area contributed by atoms with Crippen LogP contribution in [-0.4, -0.2) is 33.2 Å². The molecule has 0 spiro atoms. The van der Waals surface area contributed by atoms with Crippen LogP contribution in [-0.2, 0) is 21.0 Å². The second-order valence-electron chi connectivity index (χ2n) is 15.4. The van der Waals surface area contributed by atoms with Crippen molar-refractivity contribution in [2.75, 3.05) is 0 Å². The molecule has 5 heteroatoms. The highest BCUT2D eigenvalue weighted by Gasteiger charge is 2.39. The Balaban J connectivity index is 1.99. The van der Waals surface area contributed by atoms with Gasteiger partial charge in [0.25, 0.3) is 0 Å². The first-order valence-corrected chi connectivity index (χ1v) is 14.4. The topological polar surface area (TPSA) is 81.6 Å². The van der Waals surface area contributed by atoms with E-state index < -0.39 is 5.41 Å². The lowest BCUT2D eigenvalue weighted by Crippen LogP contribution is -2.62. The fourth-order valence-electron chi connectivity index (χ4n) is 6.50. The molecule has 0 unspecified atom stereocenters. The predicted molar refractivity (Wildman–Crippen MR) is 162 cm³/mol. The molecule has 1 aliphatic heterocycles. The average Bonchev–Trinajstić information content (AvgIpc) is 2.74. The van der Waals surface area contributed by atoms with Gasteiger partial charge in [-0.2, -0.15) is 0 Å². The standard InChI is InChI=1S/C34H52N2O3/c1-30(2,3)25-18-22(12-14-27(25)37)34(11,23-13-15-28(38)26(19-23)31(4,5)6)17-16-29(39)35-24-20-32(7,8)36-33(9,10)21-24/h12-15,18-19,24,36-38H,16-17,20-21H2,1-11H3,(H,35,39). The Labute approximate surface area is 236 Å². The van der Waals surface area contributed by atoms with Gasteiger partial charge in [0, 0.05) is 29.0 Å². The predicted octanol–water partition coefficient (Wildman–Crippen LogP) is 7.20. The van der Waals surface area contributed by atoms with Crippen LogP contribution in [0, 0.1) is 0 Å². The number of aromatic hydroxyl groups is 2. The molecule has 1 aliphatic rings. The molecule has 1 heterocycles. The summed E-state index contributed by atoms with van der Waals surface area (Å²) >= 11 is 0. The van der Waals surface area contributed by atoms with Gasteiger partial charge in [-0.1, -0.05) is 72.7 Å². The quantitative estimate of drug-likeness (QED) is 0.315. The molecule has 3 rings (SSSR count). The van der Waals surface area contributed by atoms with Gasteiger partial charge < -0.3 is 20.8 Å². The largest absolute Gasteiger partial charge is 0.508 e. The maximum atomic E-state index is 13.4. The zero-order valence-electron chi connectivity index (χ0n) is 26.2. The number of piperidine rings is 1. The molecule has 1 fully saturated rings. The molecule has 0 radical (unpaired) electrons. The van der Waals surface area contributed by atoms with Crippen molar-refractivity contribution in [2.24, 2.45) is 0 Å². The van der Waals surface area contributed by atoms with Crippen LogP contribution in [0.25, 0.3) is 0 Å². The molecule has 0 aliphatic carbocycles. The van der Waals surface area contributed by atoms with Crippen LogP contribution in [0.2, 0.25) is 0 Å². The summed E-state index contributed by atoms with van der Waals surface area (Å²) in [6, 6.07) is 11.8. The first-order valence-electron chi connectivity index (χ1n) is 14.4. The van der Waals surface area contributed by atoms with Crippen LogP contribution in [0.5, 0.6) is 11.5 Å². The number of phenolic OH excluding ortho intramolecular Hbond substituents is 2. The van der Waals surface area contributed by atoms with E-state index >= 15 is 0 Å². The summed E-state index contributed by atoms with van der Waals surface area (Å²) in [4.78, 5) is 13.4. The van der Waals surface area contributed by atoms with Gasteiger partial charge in [0.05, 0.1) is 0 Å². The van der Waals surface area contributed by atoms with Gasteiger partial charge in [0.15, 0.2) is 0 Å². The Bertz CT molecular complexity index is 1120. The van der Waals surface area contributed by atoms with E-state index in [1.807, 2.05) is 12.1 Å². The molecule has 1 amide bonds. The van der Waals surface area contributed by atoms with E-state index in [1.165, 1.54) is 0 Å². The second kappa shape index (κ2) is 10.5. The number of amides is 1. The summed E-state index contributed by atoms with van der Waals surface area (Å²) in [6.45, 7) is 23.5. The van der Waals surface area contributed by atoms with E-state index in [1.54, 1.807) is 12.1 Å². The van der Waals surface area contributed by atoms with E-state index in [0.29, 0.717) is 12.8 Å². The maximum Gasteiger partial charge on any atom is 0.220 e. The first kappa shape index (κ1) is 31.0. The molecule has 5 nitrogen and oxygen atoms in total. The molecule has 2 aromatic carbocycles. The highest BCUT2D eigenvalue weighted by atomic mass is 16.3. The van der Waals surface area contributed by atoms with Gasteiger partial charge in [0.1, 0.15) is 11.5 Å². The Morgan fingerprint density at radius 3 is 1.62 bits per heavy atom. The smallest absolute Gasteiger partial charge is 0.220 e. The lowest BCUT2D eigenvalue weighted by atomic mass is 9.70. The van der Waals surface area contributed by atoms with Crippen LogP contribution in [0.4, 0.5) is 0 Å². The van der Waals surface area contributed by atoms with Gasteiger partial charge in [-0.05, 0) is 92.2 Å². The molecule has 0 atom stereocenters. The third-order valence-corrected chi connectivity index (χ3v) is 8.29. The number of hydrogen-bond donors (Lipinski definition) is 4. The Hall–Kier alpha value is -2.53. The summed E-state index contributed by atoms with van der Waals surface area (Å²) in [7, 11) is 0. The SMILES string of the molecule is CC1(C)CC(NC(=O)CCC(C)(c2ccc(O)c(C(C)(C)C)c2)c2ccc(O)c(C(C)(C)C)c2)CC(C)(C)N1. The first-order chi connectivity index (χ1) is 17.6. The van der Waals surface area contributed by atoms with Crippen molar-refractivity contribution in [3.05, 3.63) is 58.7 Å². The molecular formula is C34H52N2O3. The van der Waals surface area contributed by atoms with E-state index in [9.17, 15) is 15.0 Å². The van der Waals surface area contributed by atoms with Crippen molar-refractivity contribution in [3.8, 4) is 11.5 Å². The number of rotatable bonds is 6. The van der Waals surface area contributed by atoms with Gasteiger partial charge in [-0.3, -0.25) is 4.79 Å². The average molecular weight is 537 g/mol. The van der Waals surface area contributed by atoms with E-state index in [2.05, 4.69) is 98.9 Å². The van der Waals surface area contributed by atoms with Gasteiger partial charge in [0.2, 0.25) is 5.91 Å². The van der Waals surface area contributed by atoms with Gasteiger partial charge in [-0.15, -0.1) is 0 Å². The van der Waals surface area contributed by atoms with Crippen LogP contribution < -0.4 is 10.6 Å². The Morgan fingerprint density at radius 1 is 0.821 bits per heavy atom. The minimum atomic E-state index is -0.509. The maximum absolute atomic E-state index is 13.4. The summed E-state index contributed by atoms with van der Waals surface area (Å²) in [6.07, 6.45) is 2.75. The summed E-state index contributed by atoms with van der Waals surface area (Å²) in [5.74, 6) is 0.622. The van der Waals surface area contributed by atoms with E-state index in [4.69, 9.17) is 0 Å². The zero-order chi connectivity index (χ0) is 29.6. The lowest BCUT2D eigenvalue weighted by molar-refractivity contribution is -0.122. The highest BCUT2D eigenvalue weighted by Crippen LogP contribution is 2.43. The molecule has 2 aromatic rings. The number of phenols is 2. The van der Waals surface area contributed by atoms with Crippen molar-refractivity contribution in [1.29, 1.82) is 0 Å². The number of nitrogens with one attached hydrogen (secondary N) is 2. The van der Waals surface area contributed by atoms with Gasteiger partial charge in [-0.25, -0.2) is 0 Å². The number of benzene rings is 2. The van der Waals surface area contributed by atoms with Crippen molar-refractivity contribution < 1.29 is 15.0 Å². The number of carbonyl (C=O) groups excluding carboxylic acids is 1. The normalized spacial score (nSPS) is 18.1. The third-order valence-electron chi connectivity index (χ3n) is 8.29. The molecule has 0 bridgehead atoms. The Kier molecular flexibility index (Phi) is 8.32. The molecule has 4 N–H and O–H groups in total. The van der Waals surface area contributed by atoms with E-state index in [0.717, 1.165) is 35.1 Å². The number of hydrogen-bond acceptors (Lipinski definition) is 4. The lowest BCUT2D eigenvalue weighted by Gasteiger charge is -2.46. The van der Waals surface area contributed by atoms with Crippen LogP contribution in [0.15, 0.2) is 36.4 Å². The van der Waals surface area contributed by atoms with Crippen molar-refractivity contribution in [2.45, 2.75) is 135 Å². The van der Waals surface area contributed by atoms with Crippen molar-refractivity contribution in [1.82, 2.24) is 10.6 Å². The fraction of sp³-hybridized carbons (Fsp3) is 0.618. The van der Waals surface area contributed by atoms with E-state index in [-0.39, 0.29) is 45.4 Å². The molecule has 0 saturated carbocycles. The number of carbonyl (C=O) groups is 1. The van der Waals surface area contributed by atoms with Gasteiger partial charge >= 0.3 is 0 Å². The summed E-state index contributed by atoms with van der Waals surface area (Å²) in [5.41, 5.74) is 2.79. The van der Waals surface area contributed by atoms with Crippen LogP contribution in [0.1, 0.15) is 124 Å². The Morgan fingerprint density at radius 2 is 1.23 bits per heavy atom. The minimum Gasteiger partial charge on any atom is -0.508 e. The monoisotopic (exact) mass is 536 g/mol. The molecule has 39 heavy (non-hydrogen) atoms. The summed E-state index contributed by atoms with van der Waals surface area (Å²) in [5, 5.41) is 28.4. The highest BCUT2D eigenvalue weighted by molar-refractivity contribution is 5.76.